The molecule has 0 aromatic heterocycles. The summed E-state index contributed by atoms with van der Waals surface area (Å²) in [5, 5.41) is 4.66. The van der Waals surface area contributed by atoms with Crippen LogP contribution < -0.4 is 5.32 Å². The first-order chi connectivity index (χ1) is 10.1. The number of amides is 1. The van der Waals surface area contributed by atoms with Crippen molar-refractivity contribution >= 4 is 29.3 Å². The van der Waals surface area contributed by atoms with E-state index in [9.17, 15) is 4.79 Å². The second-order valence-corrected chi connectivity index (χ2v) is 5.84. The van der Waals surface area contributed by atoms with Crippen molar-refractivity contribution in [1.82, 2.24) is 10.2 Å². The Labute approximate surface area is 135 Å². The number of halogens is 2. The third kappa shape index (κ3) is 4.50. The summed E-state index contributed by atoms with van der Waals surface area (Å²) in [6.45, 7) is 4.37. The van der Waals surface area contributed by atoms with Gasteiger partial charge in [0.25, 0.3) is 0 Å². The topological polar surface area (TPSA) is 41.6 Å². The van der Waals surface area contributed by atoms with Crippen molar-refractivity contribution in [1.29, 1.82) is 0 Å². The number of benzene rings is 1. The highest BCUT2D eigenvalue weighted by molar-refractivity contribution is 6.42. The summed E-state index contributed by atoms with van der Waals surface area (Å²) >= 11 is 12.2. The lowest BCUT2D eigenvalue weighted by atomic mass is 10.0. The molecule has 1 saturated heterocycles. The van der Waals surface area contributed by atoms with Crippen LogP contribution in [0.5, 0.6) is 0 Å². The Morgan fingerprint density at radius 2 is 2.10 bits per heavy atom. The van der Waals surface area contributed by atoms with Crippen LogP contribution in [0.4, 0.5) is 4.79 Å². The van der Waals surface area contributed by atoms with Crippen LogP contribution in [0, 0.1) is 0 Å². The molecule has 4 nitrogen and oxygen atoms in total. The molecule has 21 heavy (non-hydrogen) atoms. The van der Waals surface area contributed by atoms with Gasteiger partial charge in [0.15, 0.2) is 0 Å². The summed E-state index contributed by atoms with van der Waals surface area (Å²) in [5.41, 5.74) is 0.997. The van der Waals surface area contributed by atoms with Crippen LogP contribution in [0.3, 0.4) is 0 Å². The lowest BCUT2D eigenvalue weighted by Crippen LogP contribution is -2.44. The maximum atomic E-state index is 11.6. The molecule has 0 atom stereocenters. The predicted octanol–water partition coefficient (Wildman–Crippen LogP) is 3.70. The second-order valence-electron chi connectivity index (χ2n) is 5.05. The smallest absolute Gasteiger partial charge is 0.409 e. The Bertz CT molecular complexity index is 489. The molecule has 0 spiro atoms. The number of nitrogens with zero attached hydrogens (tertiary/aromatic N) is 1. The number of ether oxygens (including phenoxy) is 1. The van der Waals surface area contributed by atoms with E-state index in [1.165, 1.54) is 0 Å². The Morgan fingerprint density at radius 1 is 1.38 bits per heavy atom. The van der Waals surface area contributed by atoms with Gasteiger partial charge in [0, 0.05) is 25.7 Å². The molecular weight excluding hydrogens is 311 g/mol. The molecule has 0 saturated carbocycles. The third-order valence-electron chi connectivity index (χ3n) is 3.63. The minimum atomic E-state index is -0.214. The fourth-order valence-electron chi connectivity index (χ4n) is 2.42. The minimum absolute atomic E-state index is 0.214. The van der Waals surface area contributed by atoms with Gasteiger partial charge in [-0.3, -0.25) is 0 Å². The summed E-state index contributed by atoms with van der Waals surface area (Å²) in [4.78, 5) is 13.4. The number of piperidine rings is 1. The summed E-state index contributed by atoms with van der Waals surface area (Å²) < 4.78 is 5.01. The maximum absolute atomic E-state index is 11.6. The number of hydrogen-bond donors (Lipinski definition) is 1. The van der Waals surface area contributed by atoms with Crippen molar-refractivity contribution in [2.24, 2.45) is 0 Å². The van der Waals surface area contributed by atoms with Crippen LogP contribution in [-0.4, -0.2) is 36.7 Å². The van der Waals surface area contributed by atoms with Crippen molar-refractivity contribution in [2.75, 3.05) is 19.7 Å². The third-order valence-corrected chi connectivity index (χ3v) is 4.49. The molecule has 1 amide bonds. The predicted molar refractivity (Wildman–Crippen MR) is 84.9 cm³/mol. The molecule has 0 unspecified atom stereocenters. The highest BCUT2D eigenvalue weighted by Gasteiger charge is 2.23. The first-order valence-corrected chi connectivity index (χ1v) is 7.95. The summed E-state index contributed by atoms with van der Waals surface area (Å²) in [6, 6.07) is 6.03. The molecule has 2 rings (SSSR count). The molecule has 116 valence electrons. The zero-order chi connectivity index (χ0) is 15.2. The van der Waals surface area contributed by atoms with Crippen molar-refractivity contribution in [3.63, 3.8) is 0 Å². The summed E-state index contributed by atoms with van der Waals surface area (Å²) in [7, 11) is 0. The van der Waals surface area contributed by atoms with Crippen molar-refractivity contribution in [2.45, 2.75) is 32.4 Å². The van der Waals surface area contributed by atoms with Gasteiger partial charge in [-0.2, -0.15) is 0 Å². The molecule has 1 aromatic rings. The van der Waals surface area contributed by atoms with Gasteiger partial charge < -0.3 is 15.0 Å². The van der Waals surface area contributed by atoms with E-state index in [0.717, 1.165) is 31.5 Å². The van der Waals surface area contributed by atoms with E-state index < -0.39 is 0 Å². The van der Waals surface area contributed by atoms with Gasteiger partial charge in [0.1, 0.15) is 0 Å². The molecule has 1 aliphatic heterocycles. The van der Waals surface area contributed by atoms with Gasteiger partial charge in [0.05, 0.1) is 16.7 Å². The molecule has 0 radical (unpaired) electrons. The maximum Gasteiger partial charge on any atom is 0.409 e. The molecule has 6 heteroatoms. The average molecular weight is 331 g/mol. The molecular formula is C15H20Cl2N2O2. The zero-order valence-corrected chi connectivity index (χ0v) is 13.6. The zero-order valence-electron chi connectivity index (χ0n) is 12.1. The second kappa shape index (κ2) is 7.87. The van der Waals surface area contributed by atoms with Crippen LogP contribution in [-0.2, 0) is 11.3 Å². The lowest BCUT2D eigenvalue weighted by molar-refractivity contribution is 0.0950. The quantitative estimate of drug-likeness (QED) is 0.915. The lowest BCUT2D eigenvalue weighted by Gasteiger charge is -2.31. The van der Waals surface area contributed by atoms with Crippen molar-refractivity contribution < 1.29 is 9.53 Å². The summed E-state index contributed by atoms with van der Waals surface area (Å²) in [5.74, 6) is 0. The minimum Gasteiger partial charge on any atom is -0.450 e. The number of likely N-dealkylation sites (tertiary alicyclic amines) is 1. The monoisotopic (exact) mass is 330 g/mol. The Kier molecular flexibility index (Phi) is 6.15. The normalized spacial score (nSPS) is 16.0. The summed E-state index contributed by atoms with van der Waals surface area (Å²) in [6.07, 6.45) is 1.61. The number of carbonyl (C=O) groups is 1. The van der Waals surface area contributed by atoms with Gasteiger partial charge in [-0.1, -0.05) is 35.3 Å². The van der Waals surface area contributed by atoms with E-state index in [1.54, 1.807) is 11.0 Å². The van der Waals surface area contributed by atoms with Crippen LogP contribution in [0.1, 0.15) is 25.3 Å². The SMILES string of the molecule is CCOC(=O)N1CCC(NCc2cccc(Cl)c2Cl)CC1. The average Bonchev–Trinajstić information content (AvgIpc) is 2.49. The molecule has 0 bridgehead atoms. The van der Waals surface area contributed by atoms with Crippen LogP contribution in [0.15, 0.2) is 18.2 Å². The molecule has 0 aliphatic carbocycles. The molecule has 1 N–H and O–H groups in total. The number of hydrogen-bond acceptors (Lipinski definition) is 3. The van der Waals surface area contributed by atoms with Crippen LogP contribution in [0.2, 0.25) is 10.0 Å². The van der Waals surface area contributed by atoms with Gasteiger partial charge in [-0.05, 0) is 31.4 Å². The Morgan fingerprint density at radius 3 is 2.76 bits per heavy atom. The fourth-order valence-corrected chi connectivity index (χ4v) is 2.81. The van der Waals surface area contributed by atoms with Crippen molar-refractivity contribution in [3.05, 3.63) is 33.8 Å². The van der Waals surface area contributed by atoms with E-state index in [-0.39, 0.29) is 6.09 Å². The molecule has 1 aromatic carbocycles. The number of nitrogens with one attached hydrogen (secondary N) is 1. The van der Waals surface area contributed by atoms with E-state index in [4.69, 9.17) is 27.9 Å². The van der Waals surface area contributed by atoms with Gasteiger partial charge in [-0.15, -0.1) is 0 Å². The van der Waals surface area contributed by atoms with E-state index >= 15 is 0 Å². The highest BCUT2D eigenvalue weighted by atomic mass is 35.5. The van der Waals surface area contributed by atoms with E-state index in [1.807, 2.05) is 19.1 Å². The fraction of sp³-hybridized carbons (Fsp3) is 0.533. The number of rotatable bonds is 4. The molecule has 1 fully saturated rings. The van der Waals surface area contributed by atoms with Gasteiger partial charge in [-0.25, -0.2) is 4.79 Å². The molecule has 1 heterocycles. The Hall–Kier alpha value is -0.970. The van der Waals surface area contributed by atoms with E-state index in [2.05, 4.69) is 5.32 Å². The van der Waals surface area contributed by atoms with Gasteiger partial charge in [0.2, 0.25) is 0 Å². The van der Waals surface area contributed by atoms with Crippen molar-refractivity contribution in [3.8, 4) is 0 Å². The first-order valence-electron chi connectivity index (χ1n) is 7.19. The largest absolute Gasteiger partial charge is 0.450 e. The van der Waals surface area contributed by atoms with Gasteiger partial charge >= 0.3 is 6.09 Å². The Balaban J connectivity index is 1.79. The number of carbonyl (C=O) groups excluding carboxylic acids is 1. The highest BCUT2D eigenvalue weighted by Crippen LogP contribution is 2.25. The molecule has 1 aliphatic rings. The van der Waals surface area contributed by atoms with Crippen LogP contribution >= 0.6 is 23.2 Å². The van der Waals surface area contributed by atoms with Crippen LogP contribution in [0.25, 0.3) is 0 Å². The van der Waals surface area contributed by atoms with E-state index in [0.29, 0.717) is 29.2 Å². The standard InChI is InChI=1S/C15H20Cl2N2O2/c1-2-21-15(20)19-8-6-12(7-9-19)18-10-11-4-3-5-13(16)14(11)17/h3-5,12,18H,2,6-10H2,1H3. The first kappa shape index (κ1) is 16.4.